The molecule has 1 aliphatic heterocycles. The van der Waals surface area contributed by atoms with E-state index in [1.54, 1.807) is 6.26 Å². The first-order chi connectivity index (χ1) is 15.2. The molecule has 4 rings (SSSR count). The number of guanidine groups is 1. The highest BCUT2D eigenvalue weighted by Gasteiger charge is 2.13. The molecule has 1 saturated heterocycles. The Morgan fingerprint density at radius 2 is 1.91 bits per heavy atom. The molecule has 3 aromatic rings. The SMILES string of the molecule is CCNC(=NCc1ccnc(N2CCCC2)c1)NCc1coc(-c2ccc(C)cc2)n1.I. The van der Waals surface area contributed by atoms with Gasteiger partial charge in [0, 0.05) is 31.4 Å². The molecule has 0 bridgehead atoms. The van der Waals surface area contributed by atoms with Gasteiger partial charge in [-0.3, -0.25) is 0 Å². The summed E-state index contributed by atoms with van der Waals surface area (Å²) in [6, 6.07) is 12.3. The van der Waals surface area contributed by atoms with E-state index < -0.39 is 0 Å². The average molecular weight is 546 g/mol. The first-order valence-electron chi connectivity index (χ1n) is 10.9. The minimum absolute atomic E-state index is 0. The van der Waals surface area contributed by atoms with Crippen molar-refractivity contribution in [2.24, 2.45) is 4.99 Å². The Bertz CT molecular complexity index is 1010. The zero-order chi connectivity index (χ0) is 21.5. The van der Waals surface area contributed by atoms with Gasteiger partial charge in [-0.05, 0) is 56.5 Å². The number of oxazole rings is 1. The van der Waals surface area contributed by atoms with Gasteiger partial charge in [0.05, 0.1) is 18.8 Å². The Hall–Kier alpha value is -2.62. The lowest BCUT2D eigenvalue weighted by atomic mass is 10.1. The van der Waals surface area contributed by atoms with Crippen molar-refractivity contribution in [3.8, 4) is 11.5 Å². The van der Waals surface area contributed by atoms with Gasteiger partial charge in [-0.1, -0.05) is 17.7 Å². The number of nitrogens with zero attached hydrogens (tertiary/aromatic N) is 4. The predicted octanol–water partition coefficient (Wildman–Crippen LogP) is 4.52. The fraction of sp³-hybridized carbons (Fsp3) is 0.375. The number of aromatic nitrogens is 2. The molecule has 3 heterocycles. The molecule has 0 radical (unpaired) electrons. The van der Waals surface area contributed by atoms with Gasteiger partial charge in [-0.15, -0.1) is 24.0 Å². The van der Waals surface area contributed by atoms with Crippen LogP contribution in [0.5, 0.6) is 0 Å². The van der Waals surface area contributed by atoms with Crippen molar-refractivity contribution in [3.63, 3.8) is 0 Å². The van der Waals surface area contributed by atoms with E-state index in [1.807, 2.05) is 24.4 Å². The largest absolute Gasteiger partial charge is 0.444 e. The van der Waals surface area contributed by atoms with E-state index in [0.717, 1.165) is 48.2 Å². The molecular formula is C24H31IN6O. The molecule has 1 aliphatic rings. The minimum Gasteiger partial charge on any atom is -0.444 e. The van der Waals surface area contributed by atoms with E-state index in [4.69, 9.17) is 9.41 Å². The lowest BCUT2D eigenvalue weighted by molar-refractivity contribution is 0.572. The number of hydrogen-bond acceptors (Lipinski definition) is 5. The van der Waals surface area contributed by atoms with Crippen LogP contribution in [0.3, 0.4) is 0 Å². The van der Waals surface area contributed by atoms with E-state index in [-0.39, 0.29) is 24.0 Å². The van der Waals surface area contributed by atoms with Crippen molar-refractivity contribution in [2.45, 2.75) is 39.8 Å². The Labute approximate surface area is 206 Å². The second-order valence-electron chi connectivity index (χ2n) is 7.78. The standard InChI is InChI=1S/C24H30N6O.HI/c1-3-25-24(27-15-19-10-11-26-22(14-19)30-12-4-5-13-30)28-16-21-17-31-23(29-21)20-8-6-18(2)7-9-20;/h6-11,14,17H,3-5,12-13,15-16H2,1-2H3,(H2,25,27,28);1H. The summed E-state index contributed by atoms with van der Waals surface area (Å²) in [6.07, 6.45) is 6.05. The van der Waals surface area contributed by atoms with Crippen LogP contribution in [0.15, 0.2) is 58.3 Å². The first kappa shape index (κ1) is 24.0. The van der Waals surface area contributed by atoms with Crippen molar-refractivity contribution >= 4 is 35.8 Å². The number of pyridine rings is 1. The summed E-state index contributed by atoms with van der Waals surface area (Å²) in [5.41, 5.74) is 4.17. The van der Waals surface area contributed by atoms with E-state index in [0.29, 0.717) is 19.0 Å². The summed E-state index contributed by atoms with van der Waals surface area (Å²) in [4.78, 5) is 16.2. The molecule has 8 heteroatoms. The van der Waals surface area contributed by atoms with Crippen LogP contribution in [-0.4, -0.2) is 35.6 Å². The summed E-state index contributed by atoms with van der Waals surface area (Å²) in [5, 5.41) is 6.63. The fourth-order valence-corrected chi connectivity index (χ4v) is 3.58. The van der Waals surface area contributed by atoms with Crippen molar-refractivity contribution in [3.05, 3.63) is 65.7 Å². The van der Waals surface area contributed by atoms with Crippen LogP contribution < -0.4 is 15.5 Å². The maximum Gasteiger partial charge on any atom is 0.226 e. The molecule has 0 spiro atoms. The summed E-state index contributed by atoms with van der Waals surface area (Å²) in [7, 11) is 0. The monoisotopic (exact) mass is 546 g/mol. The van der Waals surface area contributed by atoms with Crippen LogP contribution in [0.2, 0.25) is 0 Å². The van der Waals surface area contributed by atoms with Crippen LogP contribution >= 0.6 is 24.0 Å². The lowest BCUT2D eigenvalue weighted by Gasteiger charge is -2.16. The number of benzene rings is 1. The van der Waals surface area contributed by atoms with Crippen molar-refractivity contribution in [1.82, 2.24) is 20.6 Å². The molecule has 0 saturated carbocycles. The van der Waals surface area contributed by atoms with Gasteiger partial charge >= 0.3 is 0 Å². The van der Waals surface area contributed by atoms with Gasteiger partial charge in [0.25, 0.3) is 0 Å². The van der Waals surface area contributed by atoms with Gasteiger partial charge in [-0.25, -0.2) is 15.0 Å². The van der Waals surface area contributed by atoms with Gasteiger partial charge in [0.15, 0.2) is 5.96 Å². The summed E-state index contributed by atoms with van der Waals surface area (Å²) in [6.45, 7) is 8.21. The third-order valence-corrected chi connectivity index (χ3v) is 5.29. The number of anilines is 1. The minimum atomic E-state index is 0. The molecule has 0 unspecified atom stereocenters. The molecule has 7 nitrogen and oxygen atoms in total. The predicted molar refractivity (Wildman–Crippen MR) is 139 cm³/mol. The number of aryl methyl sites for hydroxylation is 1. The Balaban J connectivity index is 0.00000289. The average Bonchev–Trinajstić information content (AvgIpc) is 3.49. The van der Waals surface area contributed by atoms with Crippen molar-refractivity contribution in [2.75, 3.05) is 24.5 Å². The molecule has 1 fully saturated rings. The number of aliphatic imine (C=N–C) groups is 1. The second-order valence-corrected chi connectivity index (χ2v) is 7.78. The highest BCUT2D eigenvalue weighted by Crippen LogP contribution is 2.20. The van der Waals surface area contributed by atoms with Crippen molar-refractivity contribution in [1.29, 1.82) is 0 Å². The van der Waals surface area contributed by atoms with Crippen LogP contribution in [0.4, 0.5) is 5.82 Å². The molecule has 2 aromatic heterocycles. The molecular weight excluding hydrogens is 515 g/mol. The lowest BCUT2D eigenvalue weighted by Crippen LogP contribution is -2.36. The van der Waals surface area contributed by atoms with E-state index in [9.17, 15) is 0 Å². The molecule has 1 aromatic carbocycles. The van der Waals surface area contributed by atoms with Crippen molar-refractivity contribution < 1.29 is 4.42 Å². The van der Waals surface area contributed by atoms with E-state index in [2.05, 4.69) is 57.5 Å². The maximum atomic E-state index is 5.65. The van der Waals surface area contributed by atoms with Gasteiger partial charge in [-0.2, -0.15) is 0 Å². The van der Waals surface area contributed by atoms with E-state index in [1.165, 1.54) is 18.4 Å². The number of hydrogen-bond donors (Lipinski definition) is 2. The summed E-state index contributed by atoms with van der Waals surface area (Å²) < 4.78 is 5.65. The molecule has 0 atom stereocenters. The fourth-order valence-electron chi connectivity index (χ4n) is 3.58. The van der Waals surface area contributed by atoms with E-state index >= 15 is 0 Å². The Kier molecular flexibility index (Phi) is 8.90. The van der Waals surface area contributed by atoms with Crippen LogP contribution in [-0.2, 0) is 13.1 Å². The first-order valence-corrected chi connectivity index (χ1v) is 10.9. The van der Waals surface area contributed by atoms with Crippen LogP contribution in [0.1, 0.15) is 36.6 Å². The zero-order valence-electron chi connectivity index (χ0n) is 18.7. The van der Waals surface area contributed by atoms with Gasteiger partial charge in [0.2, 0.25) is 5.89 Å². The zero-order valence-corrected chi connectivity index (χ0v) is 21.0. The second kappa shape index (κ2) is 11.8. The molecule has 32 heavy (non-hydrogen) atoms. The maximum absolute atomic E-state index is 5.65. The molecule has 0 aliphatic carbocycles. The highest BCUT2D eigenvalue weighted by atomic mass is 127. The quantitative estimate of drug-likeness (QED) is 0.258. The molecule has 0 amide bonds. The summed E-state index contributed by atoms with van der Waals surface area (Å²) >= 11 is 0. The normalized spacial score (nSPS) is 13.7. The number of rotatable bonds is 7. The molecule has 2 N–H and O–H groups in total. The highest BCUT2D eigenvalue weighted by molar-refractivity contribution is 14.0. The van der Waals surface area contributed by atoms with Gasteiger partial charge in [0.1, 0.15) is 12.1 Å². The van der Waals surface area contributed by atoms with Crippen LogP contribution in [0.25, 0.3) is 11.5 Å². The Morgan fingerprint density at radius 1 is 1.12 bits per heavy atom. The van der Waals surface area contributed by atoms with Crippen LogP contribution in [0, 0.1) is 6.92 Å². The number of halogens is 1. The molecule has 170 valence electrons. The Morgan fingerprint density at radius 3 is 2.66 bits per heavy atom. The van der Waals surface area contributed by atoms with Gasteiger partial charge < -0.3 is 20.0 Å². The topological polar surface area (TPSA) is 78.6 Å². The third kappa shape index (κ3) is 6.44. The number of nitrogens with one attached hydrogen (secondary N) is 2. The smallest absolute Gasteiger partial charge is 0.226 e. The summed E-state index contributed by atoms with van der Waals surface area (Å²) in [5.74, 6) is 2.43. The third-order valence-electron chi connectivity index (χ3n) is 5.29.